The van der Waals surface area contributed by atoms with E-state index in [0.717, 1.165) is 0 Å². The van der Waals surface area contributed by atoms with Crippen molar-refractivity contribution in [3.8, 4) is 17.6 Å². The largest absolute Gasteiger partial charge is 0.338 e. The maximum absolute atomic E-state index is 8.40. The summed E-state index contributed by atoms with van der Waals surface area (Å²) in [6.45, 7) is 0. The zero-order valence-corrected chi connectivity index (χ0v) is 10.2. The minimum absolute atomic E-state index is 0.364. The molecule has 7 heteroatoms. The van der Waals surface area contributed by atoms with Crippen LogP contribution in [0.15, 0.2) is 22.9 Å². The highest BCUT2D eigenvalue weighted by atomic mass is 35.5. The monoisotopic (exact) mass is 266 g/mol. The zero-order chi connectivity index (χ0) is 12.1. The van der Waals surface area contributed by atoms with Crippen molar-refractivity contribution in [1.29, 1.82) is 5.26 Å². The fourth-order valence-electron chi connectivity index (χ4n) is 1.14. The second-order valence-electron chi connectivity index (χ2n) is 3.00. The quantitative estimate of drug-likeness (QED) is 0.792. The van der Waals surface area contributed by atoms with Crippen LogP contribution in [0.5, 0.6) is 0 Å². The lowest BCUT2D eigenvalue weighted by Crippen LogP contribution is -1.87. The topological polar surface area (TPSA) is 75.6 Å². The van der Waals surface area contributed by atoms with E-state index in [1.165, 1.54) is 11.8 Å². The lowest BCUT2D eigenvalue weighted by Gasteiger charge is -1.94. The Morgan fingerprint density at radius 2 is 2.41 bits per heavy atom. The Balaban J connectivity index is 2.14. The van der Waals surface area contributed by atoms with Crippen molar-refractivity contribution in [2.24, 2.45) is 0 Å². The maximum Gasteiger partial charge on any atom is 0.237 e. The van der Waals surface area contributed by atoms with Crippen molar-refractivity contribution in [2.45, 2.75) is 5.75 Å². The first-order chi connectivity index (χ1) is 8.31. The van der Waals surface area contributed by atoms with Crippen molar-refractivity contribution < 1.29 is 4.52 Å². The number of hydrogen-bond acceptors (Lipinski definition) is 6. The van der Waals surface area contributed by atoms with Crippen LogP contribution in [0.1, 0.15) is 5.89 Å². The summed E-state index contributed by atoms with van der Waals surface area (Å²) in [6, 6.07) is 5.47. The van der Waals surface area contributed by atoms with Crippen molar-refractivity contribution in [3.05, 3.63) is 29.2 Å². The minimum Gasteiger partial charge on any atom is -0.338 e. The molecule has 2 aromatic rings. The summed E-state index contributed by atoms with van der Waals surface area (Å²) in [5.41, 5.74) is 0.495. The molecule has 17 heavy (non-hydrogen) atoms. The van der Waals surface area contributed by atoms with Crippen molar-refractivity contribution in [3.63, 3.8) is 0 Å². The average Bonchev–Trinajstić information content (AvgIpc) is 2.79. The van der Waals surface area contributed by atoms with Crippen LogP contribution in [0.3, 0.4) is 0 Å². The zero-order valence-electron chi connectivity index (χ0n) is 8.63. The van der Waals surface area contributed by atoms with Gasteiger partial charge in [-0.05, 0) is 12.1 Å². The van der Waals surface area contributed by atoms with Crippen LogP contribution in [-0.4, -0.2) is 20.9 Å². The molecule has 2 heterocycles. The van der Waals surface area contributed by atoms with Crippen molar-refractivity contribution in [1.82, 2.24) is 15.1 Å². The number of nitriles is 1. The first-order valence-electron chi connectivity index (χ1n) is 4.69. The minimum atomic E-state index is 0.364. The molecule has 2 aromatic heterocycles. The number of aromatic nitrogens is 3. The number of nitrogens with zero attached hydrogens (tertiary/aromatic N) is 4. The molecule has 0 aliphatic heterocycles. The van der Waals surface area contributed by atoms with E-state index in [0.29, 0.717) is 33.9 Å². The Labute approximate surface area is 107 Å². The molecule has 0 saturated heterocycles. The Morgan fingerprint density at radius 1 is 1.53 bits per heavy atom. The van der Waals surface area contributed by atoms with Gasteiger partial charge < -0.3 is 4.52 Å². The summed E-state index contributed by atoms with van der Waals surface area (Å²) in [4.78, 5) is 8.24. The van der Waals surface area contributed by atoms with Gasteiger partial charge in [0.25, 0.3) is 0 Å². The van der Waals surface area contributed by atoms with E-state index >= 15 is 0 Å². The van der Waals surface area contributed by atoms with Gasteiger partial charge in [-0.15, -0.1) is 11.8 Å². The van der Waals surface area contributed by atoms with Crippen LogP contribution in [0.2, 0.25) is 5.02 Å². The van der Waals surface area contributed by atoms with Crippen molar-refractivity contribution >= 4 is 23.4 Å². The first-order valence-corrected chi connectivity index (χ1v) is 6.22. The van der Waals surface area contributed by atoms with Crippen molar-refractivity contribution in [2.75, 3.05) is 5.75 Å². The molecule has 0 unspecified atom stereocenters. The van der Waals surface area contributed by atoms with Gasteiger partial charge in [0.1, 0.15) is 5.69 Å². The lowest BCUT2D eigenvalue weighted by atomic mass is 10.3. The summed E-state index contributed by atoms with van der Waals surface area (Å²) < 4.78 is 5.03. The highest BCUT2D eigenvalue weighted by Gasteiger charge is 2.12. The second kappa shape index (κ2) is 5.66. The third-order valence-corrected chi connectivity index (χ3v) is 2.92. The Morgan fingerprint density at radius 3 is 3.18 bits per heavy atom. The molecule has 2 rings (SSSR count). The van der Waals surface area contributed by atoms with Crippen LogP contribution in [-0.2, 0) is 5.75 Å². The average molecular weight is 267 g/mol. The first kappa shape index (κ1) is 11.9. The van der Waals surface area contributed by atoms with Gasteiger partial charge in [-0.2, -0.15) is 10.2 Å². The van der Waals surface area contributed by atoms with E-state index in [9.17, 15) is 0 Å². The van der Waals surface area contributed by atoms with Gasteiger partial charge in [0, 0.05) is 6.20 Å². The molecule has 0 N–H and O–H groups in total. The molecule has 86 valence electrons. The van der Waals surface area contributed by atoms with Crippen LogP contribution in [0, 0.1) is 11.3 Å². The Kier molecular flexibility index (Phi) is 3.96. The second-order valence-corrected chi connectivity index (χ2v) is 4.39. The summed E-state index contributed by atoms with van der Waals surface area (Å²) in [5, 5.41) is 12.7. The smallest absolute Gasteiger partial charge is 0.237 e. The molecule has 0 spiro atoms. The van der Waals surface area contributed by atoms with E-state index in [-0.39, 0.29) is 0 Å². The molecule has 0 fully saturated rings. The molecule has 0 aliphatic carbocycles. The molecule has 0 radical (unpaired) electrons. The molecular weight excluding hydrogens is 260 g/mol. The standard InChI is InChI=1S/C10H7ClN4OS/c11-7-2-1-4-13-9(7)10-14-8(16-15-10)6-17-5-3-12/h1-2,4H,5-6H2. The van der Waals surface area contributed by atoms with Gasteiger partial charge in [0.05, 0.1) is 22.6 Å². The van der Waals surface area contributed by atoms with Gasteiger partial charge >= 0.3 is 0 Å². The van der Waals surface area contributed by atoms with Gasteiger partial charge in [-0.3, -0.25) is 4.98 Å². The lowest BCUT2D eigenvalue weighted by molar-refractivity contribution is 0.391. The van der Waals surface area contributed by atoms with Gasteiger partial charge in [-0.1, -0.05) is 16.8 Å². The van der Waals surface area contributed by atoms with Crippen LogP contribution in [0.4, 0.5) is 0 Å². The van der Waals surface area contributed by atoms with Crippen LogP contribution >= 0.6 is 23.4 Å². The summed E-state index contributed by atoms with van der Waals surface area (Å²) in [5.74, 6) is 1.72. The Hall–Kier alpha value is -1.58. The molecule has 0 amide bonds. The van der Waals surface area contributed by atoms with E-state index in [2.05, 4.69) is 15.1 Å². The van der Waals surface area contributed by atoms with Gasteiger partial charge in [0.2, 0.25) is 11.7 Å². The molecule has 0 aliphatic rings. The van der Waals surface area contributed by atoms with Gasteiger partial charge in [-0.25, -0.2) is 0 Å². The normalized spacial score (nSPS) is 10.1. The summed E-state index contributed by atoms with van der Waals surface area (Å²) in [6.07, 6.45) is 1.61. The van der Waals surface area contributed by atoms with E-state index in [1.807, 2.05) is 6.07 Å². The number of hydrogen-bond donors (Lipinski definition) is 0. The molecule has 0 atom stereocenters. The molecule has 0 aromatic carbocycles. The molecular formula is C10H7ClN4OS. The summed E-state index contributed by atoms with van der Waals surface area (Å²) >= 11 is 7.37. The van der Waals surface area contributed by atoms with Gasteiger partial charge in [0.15, 0.2) is 0 Å². The fourth-order valence-corrected chi connectivity index (χ4v) is 1.84. The Bertz CT molecular complexity index is 551. The highest BCUT2D eigenvalue weighted by molar-refractivity contribution is 7.98. The third-order valence-electron chi connectivity index (χ3n) is 1.83. The van der Waals surface area contributed by atoms with E-state index in [1.54, 1.807) is 18.3 Å². The van der Waals surface area contributed by atoms with Crippen LogP contribution < -0.4 is 0 Å². The number of rotatable bonds is 4. The van der Waals surface area contributed by atoms with E-state index in [4.69, 9.17) is 21.4 Å². The molecule has 0 bridgehead atoms. The molecule has 5 nitrogen and oxygen atoms in total. The number of pyridine rings is 1. The number of thioether (sulfide) groups is 1. The van der Waals surface area contributed by atoms with Crippen LogP contribution in [0.25, 0.3) is 11.5 Å². The summed E-state index contributed by atoms with van der Waals surface area (Å²) in [7, 11) is 0. The molecule has 0 saturated carbocycles. The predicted octanol–water partition coefficient (Wildman–Crippen LogP) is 2.54. The van der Waals surface area contributed by atoms with E-state index < -0.39 is 0 Å². The SMILES string of the molecule is N#CCSCc1nc(-c2ncccc2Cl)no1. The number of halogens is 1. The maximum atomic E-state index is 8.40. The highest BCUT2D eigenvalue weighted by Crippen LogP contribution is 2.23. The third kappa shape index (κ3) is 2.96. The predicted molar refractivity (Wildman–Crippen MR) is 64.3 cm³/mol. The fraction of sp³-hybridized carbons (Fsp3) is 0.200.